The zero-order chi connectivity index (χ0) is 13.4. The van der Waals surface area contributed by atoms with E-state index in [1.807, 2.05) is 4.90 Å². The molecule has 7 heteroatoms. The smallest absolute Gasteiger partial charge is 0.324 e. The summed E-state index contributed by atoms with van der Waals surface area (Å²) in [5.41, 5.74) is 0. The van der Waals surface area contributed by atoms with Crippen LogP contribution in [0.4, 0.5) is 5.00 Å². The van der Waals surface area contributed by atoms with Crippen molar-refractivity contribution in [3.05, 3.63) is 27.1 Å². The Balaban J connectivity index is 1.71. The molecule has 0 aliphatic carbocycles. The Labute approximate surface area is 114 Å². The second-order valence-electron chi connectivity index (χ2n) is 5.04. The van der Waals surface area contributed by atoms with Crippen LogP contribution >= 0.6 is 11.3 Å². The number of nitrogens with one attached hydrogen (secondary N) is 1. The summed E-state index contributed by atoms with van der Waals surface area (Å²) in [7, 11) is 0. The van der Waals surface area contributed by atoms with Crippen molar-refractivity contribution < 1.29 is 9.72 Å². The molecule has 3 heterocycles. The molecule has 1 amide bonds. The lowest BCUT2D eigenvalue weighted by Gasteiger charge is -2.34. The summed E-state index contributed by atoms with van der Waals surface area (Å²) in [6.07, 6.45) is 2.09. The fourth-order valence-corrected chi connectivity index (χ4v) is 3.72. The number of hydrogen-bond acceptors (Lipinski definition) is 5. The van der Waals surface area contributed by atoms with Crippen LogP contribution in [0.1, 0.15) is 22.5 Å². The van der Waals surface area contributed by atoms with Crippen LogP contribution in [0, 0.1) is 16.0 Å². The summed E-state index contributed by atoms with van der Waals surface area (Å²) < 4.78 is 0. The SMILES string of the molecule is O=C(c1ccc([N+](=O)[O-])s1)N1CCC2NCCC2C1. The number of carbonyl (C=O) groups is 1. The van der Waals surface area contributed by atoms with E-state index in [0.717, 1.165) is 43.8 Å². The molecule has 19 heavy (non-hydrogen) atoms. The molecule has 0 spiro atoms. The average molecular weight is 281 g/mol. The van der Waals surface area contributed by atoms with Crippen LogP contribution in [-0.4, -0.2) is 41.4 Å². The molecule has 2 unspecified atom stereocenters. The summed E-state index contributed by atoms with van der Waals surface area (Å²) in [6, 6.07) is 3.51. The van der Waals surface area contributed by atoms with Gasteiger partial charge in [-0.25, -0.2) is 0 Å². The minimum atomic E-state index is -0.450. The molecule has 1 N–H and O–H groups in total. The number of amides is 1. The molecule has 0 radical (unpaired) electrons. The van der Waals surface area contributed by atoms with Crippen molar-refractivity contribution >= 4 is 22.2 Å². The van der Waals surface area contributed by atoms with E-state index in [4.69, 9.17) is 0 Å². The number of rotatable bonds is 2. The first-order valence-electron chi connectivity index (χ1n) is 6.42. The van der Waals surface area contributed by atoms with Gasteiger partial charge in [-0.15, -0.1) is 0 Å². The highest BCUT2D eigenvalue weighted by Crippen LogP contribution is 2.29. The van der Waals surface area contributed by atoms with Gasteiger partial charge in [0.05, 0.1) is 9.80 Å². The molecule has 0 bridgehead atoms. The summed E-state index contributed by atoms with van der Waals surface area (Å²) in [5, 5.41) is 14.1. The van der Waals surface area contributed by atoms with Crippen LogP contribution < -0.4 is 5.32 Å². The van der Waals surface area contributed by atoms with E-state index in [2.05, 4.69) is 5.32 Å². The van der Waals surface area contributed by atoms with Crippen LogP contribution in [0.2, 0.25) is 0 Å². The molecule has 2 aliphatic heterocycles. The number of nitrogens with zero attached hydrogens (tertiary/aromatic N) is 2. The van der Waals surface area contributed by atoms with Crippen molar-refractivity contribution in [3.63, 3.8) is 0 Å². The number of thiophene rings is 1. The lowest BCUT2D eigenvalue weighted by atomic mass is 9.93. The Morgan fingerprint density at radius 2 is 2.32 bits per heavy atom. The molecular formula is C12H15N3O3S. The largest absolute Gasteiger partial charge is 0.338 e. The van der Waals surface area contributed by atoms with Crippen LogP contribution in [-0.2, 0) is 0 Å². The molecule has 2 atom stereocenters. The second-order valence-corrected chi connectivity index (χ2v) is 6.11. The number of piperidine rings is 1. The molecule has 0 aromatic carbocycles. The first-order valence-corrected chi connectivity index (χ1v) is 7.23. The van der Waals surface area contributed by atoms with Crippen molar-refractivity contribution in [2.45, 2.75) is 18.9 Å². The average Bonchev–Trinajstić information content (AvgIpc) is 3.06. The van der Waals surface area contributed by atoms with Crippen molar-refractivity contribution in [2.75, 3.05) is 19.6 Å². The van der Waals surface area contributed by atoms with E-state index in [1.54, 1.807) is 6.07 Å². The number of carbonyl (C=O) groups excluding carboxylic acids is 1. The Kier molecular flexibility index (Phi) is 3.24. The zero-order valence-corrected chi connectivity index (χ0v) is 11.2. The molecule has 2 aliphatic rings. The van der Waals surface area contributed by atoms with Crippen molar-refractivity contribution in [3.8, 4) is 0 Å². The third-order valence-corrected chi connectivity index (χ3v) is 4.95. The van der Waals surface area contributed by atoms with E-state index in [1.165, 1.54) is 6.07 Å². The minimum Gasteiger partial charge on any atom is -0.338 e. The van der Waals surface area contributed by atoms with Gasteiger partial charge in [0.15, 0.2) is 0 Å². The molecule has 2 fully saturated rings. The maximum absolute atomic E-state index is 12.3. The standard InChI is InChI=1S/C12H15N3O3S/c16-12(10-1-2-11(19-10)15(17)18)14-6-4-9-8(7-14)3-5-13-9/h1-2,8-9,13H,3-7H2. The van der Waals surface area contributed by atoms with Crippen LogP contribution in [0.5, 0.6) is 0 Å². The van der Waals surface area contributed by atoms with Crippen molar-refractivity contribution in [2.24, 2.45) is 5.92 Å². The fourth-order valence-electron chi connectivity index (χ4n) is 2.93. The lowest BCUT2D eigenvalue weighted by molar-refractivity contribution is -0.380. The maximum Gasteiger partial charge on any atom is 0.324 e. The van der Waals surface area contributed by atoms with Gasteiger partial charge in [-0.1, -0.05) is 11.3 Å². The molecule has 1 aromatic heterocycles. The summed E-state index contributed by atoms with van der Waals surface area (Å²) in [6.45, 7) is 2.53. The first-order chi connectivity index (χ1) is 9.15. The molecule has 3 rings (SSSR count). The van der Waals surface area contributed by atoms with Gasteiger partial charge in [-0.2, -0.15) is 0 Å². The van der Waals surface area contributed by atoms with Crippen LogP contribution in [0.15, 0.2) is 12.1 Å². The first kappa shape index (κ1) is 12.6. The molecule has 1 aromatic rings. The lowest BCUT2D eigenvalue weighted by Crippen LogP contribution is -2.46. The fraction of sp³-hybridized carbons (Fsp3) is 0.583. The van der Waals surface area contributed by atoms with Gasteiger partial charge in [0.1, 0.15) is 0 Å². The molecule has 6 nitrogen and oxygen atoms in total. The highest BCUT2D eigenvalue weighted by molar-refractivity contribution is 7.17. The Morgan fingerprint density at radius 3 is 3.05 bits per heavy atom. The molecular weight excluding hydrogens is 266 g/mol. The predicted molar refractivity (Wildman–Crippen MR) is 71.4 cm³/mol. The van der Waals surface area contributed by atoms with E-state index in [9.17, 15) is 14.9 Å². The summed E-state index contributed by atoms with van der Waals surface area (Å²) in [5.74, 6) is 0.469. The van der Waals surface area contributed by atoms with E-state index in [-0.39, 0.29) is 10.9 Å². The zero-order valence-electron chi connectivity index (χ0n) is 10.4. The van der Waals surface area contributed by atoms with Gasteiger partial charge in [0.25, 0.3) is 5.91 Å². The van der Waals surface area contributed by atoms with Gasteiger partial charge in [0.2, 0.25) is 0 Å². The highest BCUT2D eigenvalue weighted by Gasteiger charge is 2.35. The van der Waals surface area contributed by atoms with Crippen LogP contribution in [0.3, 0.4) is 0 Å². The van der Waals surface area contributed by atoms with E-state index >= 15 is 0 Å². The summed E-state index contributed by atoms with van der Waals surface area (Å²) in [4.78, 5) is 24.8. The van der Waals surface area contributed by atoms with E-state index < -0.39 is 4.92 Å². The number of likely N-dealkylation sites (tertiary alicyclic amines) is 1. The van der Waals surface area contributed by atoms with Crippen molar-refractivity contribution in [1.29, 1.82) is 0 Å². The Hall–Kier alpha value is -1.47. The van der Waals surface area contributed by atoms with Crippen molar-refractivity contribution in [1.82, 2.24) is 10.2 Å². The number of fused-ring (bicyclic) bond motifs is 1. The van der Waals surface area contributed by atoms with Gasteiger partial charge < -0.3 is 10.2 Å². The van der Waals surface area contributed by atoms with Crippen LogP contribution in [0.25, 0.3) is 0 Å². The van der Waals surface area contributed by atoms with Gasteiger partial charge in [-0.05, 0) is 31.4 Å². The van der Waals surface area contributed by atoms with Gasteiger partial charge in [0, 0.05) is 25.2 Å². The number of nitro groups is 1. The monoisotopic (exact) mass is 281 g/mol. The Morgan fingerprint density at radius 1 is 1.47 bits per heavy atom. The quantitative estimate of drug-likeness (QED) is 0.658. The maximum atomic E-state index is 12.3. The normalized spacial score (nSPS) is 26.2. The third-order valence-electron chi connectivity index (χ3n) is 3.93. The minimum absolute atomic E-state index is 0.0285. The van der Waals surface area contributed by atoms with E-state index in [0.29, 0.717) is 16.8 Å². The predicted octanol–water partition coefficient (Wildman–Crippen LogP) is 1.48. The van der Waals surface area contributed by atoms with Gasteiger partial charge >= 0.3 is 5.00 Å². The second kappa shape index (κ2) is 4.90. The molecule has 0 saturated carbocycles. The number of hydrogen-bond donors (Lipinski definition) is 1. The molecule has 102 valence electrons. The molecule has 2 saturated heterocycles. The third kappa shape index (κ3) is 2.35. The Bertz CT molecular complexity index is 516. The van der Waals surface area contributed by atoms with Gasteiger partial charge in [-0.3, -0.25) is 14.9 Å². The topological polar surface area (TPSA) is 75.5 Å². The highest BCUT2D eigenvalue weighted by atomic mass is 32.1. The summed E-state index contributed by atoms with van der Waals surface area (Å²) >= 11 is 0.962.